The molecule has 76 valence electrons. The van der Waals surface area contributed by atoms with Gasteiger partial charge in [-0.15, -0.1) is 0 Å². The van der Waals surface area contributed by atoms with E-state index in [-0.39, 0.29) is 5.56 Å². The van der Waals surface area contributed by atoms with E-state index < -0.39 is 0 Å². The van der Waals surface area contributed by atoms with E-state index >= 15 is 0 Å². The van der Waals surface area contributed by atoms with Gasteiger partial charge in [0.05, 0.1) is 0 Å². The second-order valence-electron chi connectivity index (χ2n) is 3.14. The Labute approximate surface area is 86.3 Å². The zero-order chi connectivity index (χ0) is 9.97. The molecule has 1 aliphatic heterocycles. The van der Waals surface area contributed by atoms with Crippen LogP contribution in [0.25, 0.3) is 0 Å². The van der Waals surface area contributed by atoms with Crippen LogP contribution in [0.3, 0.4) is 0 Å². The smallest absolute Gasteiger partial charge is 0.256 e. The van der Waals surface area contributed by atoms with E-state index in [4.69, 9.17) is 4.74 Å². The van der Waals surface area contributed by atoms with Crippen molar-refractivity contribution in [3.63, 3.8) is 0 Å². The molecule has 0 atom stereocenters. The van der Waals surface area contributed by atoms with E-state index in [1.165, 1.54) is 11.8 Å². The van der Waals surface area contributed by atoms with Crippen LogP contribution >= 0.6 is 11.8 Å². The van der Waals surface area contributed by atoms with E-state index in [2.05, 4.69) is 11.9 Å². The minimum Gasteiger partial charge on any atom is -0.350 e. The van der Waals surface area contributed by atoms with Gasteiger partial charge >= 0.3 is 0 Å². The Balaban J connectivity index is 2.41. The van der Waals surface area contributed by atoms with E-state index in [9.17, 15) is 4.79 Å². The Morgan fingerprint density at radius 2 is 2.57 bits per heavy atom. The highest BCUT2D eigenvalue weighted by molar-refractivity contribution is 7.99. The molecule has 1 aliphatic rings. The number of fused-ring (bicyclic) bond motifs is 1. The predicted octanol–water partition coefficient (Wildman–Crippen LogP) is 1.23. The lowest BCUT2D eigenvalue weighted by Crippen LogP contribution is -2.27. The van der Waals surface area contributed by atoms with Gasteiger partial charge in [-0.3, -0.25) is 9.36 Å². The maximum absolute atomic E-state index is 11.6. The molecule has 0 N–H and O–H groups in total. The van der Waals surface area contributed by atoms with Crippen LogP contribution < -0.4 is 5.56 Å². The van der Waals surface area contributed by atoms with Crippen molar-refractivity contribution in [1.82, 2.24) is 9.55 Å². The summed E-state index contributed by atoms with van der Waals surface area (Å²) < 4.78 is 6.73. The Bertz CT molecular complexity index is 389. The molecule has 0 bridgehead atoms. The highest BCUT2D eigenvalue weighted by Gasteiger charge is 2.13. The van der Waals surface area contributed by atoms with Gasteiger partial charge in [-0.05, 0) is 6.42 Å². The molecule has 1 aromatic rings. The van der Waals surface area contributed by atoms with Crippen molar-refractivity contribution in [3.8, 4) is 0 Å². The van der Waals surface area contributed by atoms with E-state index in [1.807, 2.05) is 0 Å². The highest BCUT2D eigenvalue weighted by Crippen LogP contribution is 2.19. The zero-order valence-corrected chi connectivity index (χ0v) is 8.84. The molecule has 0 aromatic carbocycles. The van der Waals surface area contributed by atoms with Crippen molar-refractivity contribution in [2.24, 2.45) is 0 Å². The Hall–Kier alpha value is -0.810. The summed E-state index contributed by atoms with van der Waals surface area (Å²) >= 11 is 1.47. The first kappa shape index (κ1) is 9.73. The molecular weight excluding hydrogens is 200 g/mol. The SMILES string of the molecule is CCCc1cc(=O)n2c(n1)SCOC2. The molecule has 5 heteroatoms. The lowest BCUT2D eigenvalue weighted by Gasteiger charge is -2.17. The van der Waals surface area contributed by atoms with Crippen molar-refractivity contribution in [1.29, 1.82) is 0 Å². The number of thioether (sulfide) groups is 1. The summed E-state index contributed by atoms with van der Waals surface area (Å²) in [5, 5.41) is 0.784. The number of ether oxygens (including phenoxy) is 1. The Kier molecular flexibility index (Phi) is 2.88. The lowest BCUT2D eigenvalue weighted by molar-refractivity contribution is 0.0964. The van der Waals surface area contributed by atoms with Crippen LogP contribution in [-0.2, 0) is 17.9 Å². The minimum absolute atomic E-state index is 0.00866. The van der Waals surface area contributed by atoms with Gasteiger partial charge in [0.2, 0.25) is 0 Å². The number of hydrogen-bond donors (Lipinski definition) is 0. The molecule has 2 rings (SSSR count). The van der Waals surface area contributed by atoms with Crippen molar-refractivity contribution < 1.29 is 4.74 Å². The third-order valence-electron chi connectivity index (χ3n) is 2.02. The van der Waals surface area contributed by atoms with Gasteiger partial charge in [-0.25, -0.2) is 4.98 Å². The summed E-state index contributed by atoms with van der Waals surface area (Å²) in [5.41, 5.74) is 0.879. The van der Waals surface area contributed by atoms with Crippen molar-refractivity contribution in [2.45, 2.75) is 31.7 Å². The fraction of sp³-hybridized carbons (Fsp3) is 0.556. The van der Waals surface area contributed by atoms with E-state index in [0.717, 1.165) is 23.7 Å². The van der Waals surface area contributed by atoms with Gasteiger partial charge < -0.3 is 4.74 Å². The fourth-order valence-electron chi connectivity index (χ4n) is 1.37. The number of aromatic nitrogens is 2. The molecule has 0 saturated heterocycles. The van der Waals surface area contributed by atoms with Crippen LogP contribution in [0.15, 0.2) is 16.0 Å². The van der Waals surface area contributed by atoms with Gasteiger partial charge in [-0.1, -0.05) is 25.1 Å². The second kappa shape index (κ2) is 4.14. The molecule has 0 fully saturated rings. The number of hydrogen-bond acceptors (Lipinski definition) is 4. The van der Waals surface area contributed by atoms with Crippen molar-refractivity contribution in [3.05, 3.63) is 22.1 Å². The van der Waals surface area contributed by atoms with Gasteiger partial charge in [-0.2, -0.15) is 0 Å². The second-order valence-corrected chi connectivity index (χ2v) is 4.03. The van der Waals surface area contributed by atoms with Crippen molar-refractivity contribution >= 4 is 11.8 Å². The van der Waals surface area contributed by atoms with Crippen LogP contribution in [0.2, 0.25) is 0 Å². The summed E-state index contributed by atoms with van der Waals surface area (Å²) in [6.45, 7) is 2.41. The standard InChI is InChI=1S/C9H12N2O2S/c1-2-3-7-4-8(12)11-5-13-6-14-9(11)10-7/h4H,2-3,5-6H2,1H3. The third kappa shape index (κ3) is 1.83. The number of rotatable bonds is 2. The van der Waals surface area contributed by atoms with Crippen molar-refractivity contribution in [2.75, 3.05) is 5.94 Å². The van der Waals surface area contributed by atoms with Crippen LogP contribution in [0.5, 0.6) is 0 Å². The number of aryl methyl sites for hydroxylation is 1. The first-order chi connectivity index (χ1) is 6.81. The van der Waals surface area contributed by atoms with E-state index in [0.29, 0.717) is 12.7 Å². The number of nitrogens with zero attached hydrogens (tertiary/aromatic N) is 2. The van der Waals surface area contributed by atoms with Gasteiger partial charge in [0.15, 0.2) is 5.16 Å². The largest absolute Gasteiger partial charge is 0.350 e. The molecule has 14 heavy (non-hydrogen) atoms. The fourth-order valence-corrected chi connectivity index (χ4v) is 2.11. The first-order valence-corrected chi connectivity index (χ1v) is 5.61. The quantitative estimate of drug-likeness (QED) is 0.692. The van der Waals surface area contributed by atoms with Gasteiger partial charge in [0.1, 0.15) is 12.7 Å². The normalized spacial score (nSPS) is 15.2. The molecule has 4 nitrogen and oxygen atoms in total. The highest BCUT2D eigenvalue weighted by atomic mass is 32.2. The topological polar surface area (TPSA) is 44.1 Å². The van der Waals surface area contributed by atoms with E-state index in [1.54, 1.807) is 10.6 Å². The zero-order valence-electron chi connectivity index (χ0n) is 8.02. The average molecular weight is 212 g/mol. The third-order valence-corrected chi connectivity index (χ3v) is 2.88. The molecule has 0 unspecified atom stereocenters. The maximum Gasteiger partial charge on any atom is 0.256 e. The van der Waals surface area contributed by atoms with Crippen LogP contribution in [-0.4, -0.2) is 15.5 Å². The Morgan fingerprint density at radius 3 is 3.36 bits per heavy atom. The summed E-state index contributed by atoms with van der Waals surface area (Å²) in [6.07, 6.45) is 1.88. The monoisotopic (exact) mass is 212 g/mol. The molecule has 1 aromatic heterocycles. The molecule has 0 amide bonds. The predicted molar refractivity (Wildman–Crippen MR) is 54.3 cm³/mol. The first-order valence-electron chi connectivity index (χ1n) is 4.62. The molecule has 0 saturated carbocycles. The summed E-state index contributed by atoms with van der Waals surface area (Å²) in [5.74, 6) is 0.585. The minimum atomic E-state index is -0.00866. The van der Waals surface area contributed by atoms with Crippen LogP contribution in [0.1, 0.15) is 19.0 Å². The molecular formula is C9H12N2O2S. The molecule has 0 spiro atoms. The summed E-state index contributed by atoms with van der Waals surface area (Å²) in [6, 6.07) is 1.60. The average Bonchev–Trinajstić information content (AvgIpc) is 2.18. The maximum atomic E-state index is 11.6. The lowest BCUT2D eigenvalue weighted by atomic mass is 10.2. The molecule has 0 radical (unpaired) electrons. The molecule has 2 heterocycles. The van der Waals surface area contributed by atoms with Gasteiger partial charge in [0.25, 0.3) is 5.56 Å². The summed E-state index contributed by atoms with van der Waals surface area (Å²) in [4.78, 5) is 16.0. The Morgan fingerprint density at radius 1 is 1.71 bits per heavy atom. The van der Waals surface area contributed by atoms with Crippen LogP contribution in [0.4, 0.5) is 0 Å². The summed E-state index contributed by atoms with van der Waals surface area (Å²) in [7, 11) is 0. The molecule has 0 aliphatic carbocycles. The van der Waals surface area contributed by atoms with Gasteiger partial charge in [0, 0.05) is 11.8 Å². The van der Waals surface area contributed by atoms with Crippen LogP contribution in [0, 0.1) is 0 Å².